The SMILES string of the molecule is CCCNc1nc(Cl)nc(OCc2ccccc2F)n1. The van der Waals surface area contributed by atoms with Crippen molar-refractivity contribution in [2.75, 3.05) is 11.9 Å². The van der Waals surface area contributed by atoms with Crippen molar-refractivity contribution in [1.82, 2.24) is 15.0 Å². The van der Waals surface area contributed by atoms with E-state index in [9.17, 15) is 4.39 Å². The highest BCUT2D eigenvalue weighted by atomic mass is 35.5. The predicted octanol–water partition coefficient (Wildman–Crippen LogP) is 3.07. The molecule has 0 unspecified atom stereocenters. The topological polar surface area (TPSA) is 59.9 Å². The van der Waals surface area contributed by atoms with Gasteiger partial charge in [-0.15, -0.1) is 0 Å². The molecule has 0 radical (unpaired) electrons. The molecule has 1 heterocycles. The minimum Gasteiger partial charge on any atom is -0.458 e. The monoisotopic (exact) mass is 296 g/mol. The van der Waals surface area contributed by atoms with Crippen molar-refractivity contribution in [3.05, 3.63) is 40.9 Å². The van der Waals surface area contributed by atoms with Crippen LogP contribution >= 0.6 is 11.6 Å². The lowest BCUT2D eigenvalue weighted by Crippen LogP contribution is -2.08. The number of hydrogen-bond donors (Lipinski definition) is 1. The average Bonchev–Trinajstić information content (AvgIpc) is 2.44. The first kappa shape index (κ1) is 14.5. The molecule has 106 valence electrons. The third-order valence-corrected chi connectivity index (χ3v) is 2.60. The second-order valence-electron chi connectivity index (χ2n) is 4.02. The Morgan fingerprint density at radius 3 is 2.80 bits per heavy atom. The molecule has 0 amide bonds. The van der Waals surface area contributed by atoms with Gasteiger partial charge < -0.3 is 10.1 Å². The molecule has 1 aromatic heterocycles. The Balaban J connectivity index is 2.05. The fraction of sp³-hybridized carbons (Fsp3) is 0.308. The molecule has 0 aliphatic carbocycles. The van der Waals surface area contributed by atoms with Crippen LogP contribution in [0.2, 0.25) is 5.28 Å². The highest BCUT2D eigenvalue weighted by Gasteiger charge is 2.07. The van der Waals surface area contributed by atoms with Crippen LogP contribution in [0, 0.1) is 5.82 Å². The maximum Gasteiger partial charge on any atom is 0.322 e. The van der Waals surface area contributed by atoms with Crippen LogP contribution in [0.5, 0.6) is 6.01 Å². The van der Waals surface area contributed by atoms with Gasteiger partial charge in [-0.2, -0.15) is 15.0 Å². The van der Waals surface area contributed by atoms with Gasteiger partial charge in [0, 0.05) is 12.1 Å². The first-order valence-electron chi connectivity index (χ1n) is 6.20. The number of benzene rings is 1. The second kappa shape index (κ2) is 7.00. The van der Waals surface area contributed by atoms with Crippen molar-refractivity contribution < 1.29 is 9.13 Å². The fourth-order valence-corrected chi connectivity index (χ4v) is 1.62. The molecular formula is C13H14ClFN4O. The summed E-state index contributed by atoms with van der Waals surface area (Å²) in [7, 11) is 0. The molecule has 5 nitrogen and oxygen atoms in total. The summed E-state index contributed by atoms with van der Waals surface area (Å²) in [6.07, 6.45) is 0.925. The van der Waals surface area contributed by atoms with Gasteiger partial charge in [0.25, 0.3) is 0 Å². The van der Waals surface area contributed by atoms with E-state index in [4.69, 9.17) is 16.3 Å². The van der Waals surface area contributed by atoms with Gasteiger partial charge in [-0.05, 0) is 24.1 Å². The number of anilines is 1. The van der Waals surface area contributed by atoms with Gasteiger partial charge in [0.1, 0.15) is 12.4 Å². The average molecular weight is 297 g/mol. The lowest BCUT2D eigenvalue weighted by atomic mass is 10.2. The van der Waals surface area contributed by atoms with Gasteiger partial charge >= 0.3 is 6.01 Å². The minimum absolute atomic E-state index is 0.0280. The molecule has 0 fully saturated rings. The molecule has 7 heteroatoms. The quantitative estimate of drug-likeness (QED) is 0.888. The van der Waals surface area contributed by atoms with Gasteiger partial charge in [-0.3, -0.25) is 0 Å². The number of halogens is 2. The van der Waals surface area contributed by atoms with E-state index in [0.717, 1.165) is 6.42 Å². The van der Waals surface area contributed by atoms with Crippen LogP contribution in [0.1, 0.15) is 18.9 Å². The van der Waals surface area contributed by atoms with Gasteiger partial charge in [-0.25, -0.2) is 4.39 Å². The van der Waals surface area contributed by atoms with E-state index in [1.807, 2.05) is 6.92 Å². The molecule has 0 atom stereocenters. The fourth-order valence-electron chi connectivity index (χ4n) is 1.47. The molecule has 0 saturated carbocycles. The highest BCUT2D eigenvalue weighted by Crippen LogP contribution is 2.14. The van der Waals surface area contributed by atoms with Crippen LogP contribution in [0.4, 0.5) is 10.3 Å². The third kappa shape index (κ3) is 4.03. The van der Waals surface area contributed by atoms with Gasteiger partial charge in [0.2, 0.25) is 11.2 Å². The summed E-state index contributed by atoms with van der Waals surface area (Å²) in [5, 5.41) is 3.01. The zero-order chi connectivity index (χ0) is 14.4. The van der Waals surface area contributed by atoms with Crippen LogP contribution in [0.3, 0.4) is 0 Å². The van der Waals surface area contributed by atoms with Crippen molar-refractivity contribution in [3.63, 3.8) is 0 Å². The van der Waals surface area contributed by atoms with Crippen molar-refractivity contribution >= 4 is 17.5 Å². The number of ether oxygens (including phenoxy) is 1. The van der Waals surface area contributed by atoms with Crippen LogP contribution in [0.15, 0.2) is 24.3 Å². The first-order valence-corrected chi connectivity index (χ1v) is 6.58. The van der Waals surface area contributed by atoms with Crippen molar-refractivity contribution in [2.24, 2.45) is 0 Å². The molecule has 1 N–H and O–H groups in total. The first-order chi connectivity index (χ1) is 9.69. The van der Waals surface area contributed by atoms with Crippen LogP contribution in [-0.4, -0.2) is 21.5 Å². The largest absolute Gasteiger partial charge is 0.458 e. The smallest absolute Gasteiger partial charge is 0.322 e. The van der Waals surface area contributed by atoms with E-state index < -0.39 is 0 Å². The van der Waals surface area contributed by atoms with Gasteiger partial charge in [0.15, 0.2) is 0 Å². The van der Waals surface area contributed by atoms with Gasteiger partial charge in [-0.1, -0.05) is 25.1 Å². The minimum atomic E-state index is -0.336. The number of nitrogens with zero attached hydrogens (tertiary/aromatic N) is 3. The lowest BCUT2D eigenvalue weighted by Gasteiger charge is -2.07. The Kier molecular flexibility index (Phi) is 5.06. The third-order valence-electron chi connectivity index (χ3n) is 2.44. The summed E-state index contributed by atoms with van der Waals surface area (Å²) in [5.74, 6) is 0.00682. The maximum atomic E-state index is 13.4. The Labute approximate surface area is 121 Å². The Bertz CT molecular complexity index is 582. The summed E-state index contributed by atoms with van der Waals surface area (Å²) < 4.78 is 18.8. The summed E-state index contributed by atoms with van der Waals surface area (Å²) in [6.45, 7) is 2.76. The molecule has 2 rings (SSSR count). The molecule has 0 aliphatic heterocycles. The predicted molar refractivity (Wildman–Crippen MR) is 74.3 cm³/mol. The van der Waals surface area contributed by atoms with E-state index in [2.05, 4.69) is 20.3 Å². The Hall–Kier alpha value is -1.95. The molecular weight excluding hydrogens is 283 g/mol. The molecule has 2 aromatic rings. The van der Waals surface area contributed by atoms with E-state index in [1.54, 1.807) is 18.2 Å². The molecule has 20 heavy (non-hydrogen) atoms. The van der Waals surface area contributed by atoms with Crippen LogP contribution < -0.4 is 10.1 Å². The van der Waals surface area contributed by atoms with E-state index in [0.29, 0.717) is 18.1 Å². The standard InChI is InChI=1S/C13H14ClFN4O/c1-2-7-16-12-17-11(14)18-13(19-12)20-8-9-5-3-4-6-10(9)15/h3-6H,2,7-8H2,1H3,(H,16,17,18,19). The summed E-state index contributed by atoms with van der Waals surface area (Å²) in [4.78, 5) is 11.8. The summed E-state index contributed by atoms with van der Waals surface area (Å²) in [6, 6.07) is 6.41. The number of nitrogens with one attached hydrogen (secondary N) is 1. The summed E-state index contributed by atoms with van der Waals surface area (Å²) >= 11 is 5.79. The number of aromatic nitrogens is 3. The number of hydrogen-bond acceptors (Lipinski definition) is 5. The Morgan fingerprint density at radius 1 is 1.25 bits per heavy atom. The van der Waals surface area contributed by atoms with Crippen molar-refractivity contribution in [2.45, 2.75) is 20.0 Å². The highest BCUT2D eigenvalue weighted by molar-refractivity contribution is 6.28. The van der Waals surface area contributed by atoms with Gasteiger partial charge in [0.05, 0.1) is 0 Å². The number of rotatable bonds is 6. The molecule has 1 aromatic carbocycles. The van der Waals surface area contributed by atoms with Crippen LogP contribution in [0.25, 0.3) is 0 Å². The normalized spacial score (nSPS) is 10.3. The van der Waals surface area contributed by atoms with Crippen molar-refractivity contribution in [1.29, 1.82) is 0 Å². The lowest BCUT2D eigenvalue weighted by molar-refractivity contribution is 0.275. The molecule has 0 spiro atoms. The van der Waals surface area contributed by atoms with E-state index in [-0.39, 0.29) is 23.7 Å². The van der Waals surface area contributed by atoms with Crippen LogP contribution in [-0.2, 0) is 6.61 Å². The van der Waals surface area contributed by atoms with E-state index >= 15 is 0 Å². The summed E-state index contributed by atoms with van der Waals surface area (Å²) in [5.41, 5.74) is 0.423. The van der Waals surface area contributed by atoms with Crippen molar-refractivity contribution in [3.8, 4) is 6.01 Å². The zero-order valence-electron chi connectivity index (χ0n) is 10.9. The molecule has 0 saturated heterocycles. The Morgan fingerprint density at radius 2 is 2.05 bits per heavy atom. The molecule has 0 aliphatic rings. The maximum absolute atomic E-state index is 13.4. The molecule has 0 bridgehead atoms. The zero-order valence-corrected chi connectivity index (χ0v) is 11.7. The van der Waals surface area contributed by atoms with E-state index in [1.165, 1.54) is 6.07 Å². The second-order valence-corrected chi connectivity index (χ2v) is 4.36.